The molecule has 8 heteroatoms. The number of ether oxygens (including phenoxy) is 2. The molecule has 0 radical (unpaired) electrons. The van der Waals surface area contributed by atoms with Gasteiger partial charge in [-0.3, -0.25) is 0 Å². The average molecular weight is 407 g/mol. The Hall–Kier alpha value is -0.706. The minimum atomic E-state index is -2.17. The first-order valence-electron chi connectivity index (χ1n) is 9.02. The van der Waals surface area contributed by atoms with E-state index in [2.05, 4.69) is 0 Å². The molecule has 0 spiro atoms. The van der Waals surface area contributed by atoms with E-state index in [-0.39, 0.29) is 0 Å². The summed E-state index contributed by atoms with van der Waals surface area (Å²) in [4.78, 5) is 25.7. The standard InChI is InChI=1S/C18H38O6Si2/c1-17(2,3)21-15(19)13(23-25(7,8)9)14(24-26(10,11)12)16(20)22-18(4,5)6/h13-14H,1-12H3. The van der Waals surface area contributed by atoms with Gasteiger partial charge in [-0.05, 0) is 80.8 Å². The molecule has 0 saturated carbocycles. The first-order valence-corrected chi connectivity index (χ1v) is 15.8. The second kappa shape index (κ2) is 8.54. The second-order valence-corrected chi connectivity index (χ2v) is 19.3. The quantitative estimate of drug-likeness (QED) is 0.468. The van der Waals surface area contributed by atoms with Crippen molar-refractivity contribution in [3.8, 4) is 0 Å². The van der Waals surface area contributed by atoms with Crippen molar-refractivity contribution in [3.05, 3.63) is 0 Å². The summed E-state index contributed by atoms with van der Waals surface area (Å²) in [5.41, 5.74) is -1.40. The molecule has 0 aromatic heterocycles. The van der Waals surface area contributed by atoms with Crippen molar-refractivity contribution >= 4 is 28.6 Å². The van der Waals surface area contributed by atoms with Gasteiger partial charge in [0.2, 0.25) is 0 Å². The number of carbonyl (C=O) groups is 2. The van der Waals surface area contributed by atoms with Gasteiger partial charge in [0, 0.05) is 0 Å². The first-order chi connectivity index (χ1) is 11.2. The third kappa shape index (κ3) is 11.8. The number of rotatable bonds is 7. The van der Waals surface area contributed by atoms with Crippen molar-refractivity contribution in [2.24, 2.45) is 0 Å². The van der Waals surface area contributed by atoms with E-state index < -0.39 is 52.0 Å². The van der Waals surface area contributed by atoms with Crippen LogP contribution in [0.5, 0.6) is 0 Å². The summed E-state index contributed by atoms with van der Waals surface area (Å²) >= 11 is 0. The van der Waals surface area contributed by atoms with Crippen molar-refractivity contribution in [1.29, 1.82) is 0 Å². The Morgan fingerprint density at radius 2 is 0.846 bits per heavy atom. The second-order valence-electron chi connectivity index (χ2n) is 10.4. The van der Waals surface area contributed by atoms with Crippen LogP contribution in [0.3, 0.4) is 0 Å². The van der Waals surface area contributed by atoms with Crippen LogP contribution in [0, 0.1) is 0 Å². The molecule has 0 heterocycles. The largest absolute Gasteiger partial charge is 0.458 e. The van der Waals surface area contributed by atoms with E-state index in [9.17, 15) is 9.59 Å². The average Bonchev–Trinajstić information content (AvgIpc) is 2.26. The number of carbonyl (C=O) groups excluding carboxylic acids is 2. The molecule has 0 aromatic carbocycles. The Morgan fingerprint density at radius 3 is 1.00 bits per heavy atom. The maximum absolute atomic E-state index is 12.8. The highest BCUT2D eigenvalue weighted by molar-refractivity contribution is 6.70. The fourth-order valence-electron chi connectivity index (χ4n) is 1.95. The third-order valence-corrected chi connectivity index (χ3v) is 4.44. The SMILES string of the molecule is CC(C)(C)OC(=O)C(O[Si](C)(C)C)C(O[Si](C)(C)C)C(=O)OC(C)(C)C. The van der Waals surface area contributed by atoms with Gasteiger partial charge >= 0.3 is 11.9 Å². The molecule has 0 aromatic rings. The van der Waals surface area contributed by atoms with Gasteiger partial charge in [-0.25, -0.2) is 9.59 Å². The van der Waals surface area contributed by atoms with E-state index >= 15 is 0 Å². The Labute approximate surface area is 161 Å². The summed E-state index contributed by atoms with van der Waals surface area (Å²) in [7, 11) is -4.35. The van der Waals surface area contributed by atoms with E-state index in [1.165, 1.54) is 0 Å². The Morgan fingerprint density at radius 1 is 0.615 bits per heavy atom. The van der Waals surface area contributed by atoms with Crippen LogP contribution in [0.2, 0.25) is 39.3 Å². The fourth-order valence-corrected chi connectivity index (χ4v) is 3.91. The maximum Gasteiger partial charge on any atom is 0.337 e. The van der Waals surface area contributed by atoms with Gasteiger partial charge in [0.1, 0.15) is 11.2 Å². The predicted molar refractivity (Wildman–Crippen MR) is 108 cm³/mol. The van der Waals surface area contributed by atoms with Crippen molar-refractivity contribution in [3.63, 3.8) is 0 Å². The topological polar surface area (TPSA) is 71.1 Å². The van der Waals surface area contributed by atoms with Gasteiger partial charge < -0.3 is 18.3 Å². The highest BCUT2D eigenvalue weighted by Crippen LogP contribution is 2.23. The highest BCUT2D eigenvalue weighted by Gasteiger charge is 2.44. The Balaban J connectivity index is 5.89. The zero-order valence-corrected chi connectivity index (χ0v) is 20.6. The summed E-state index contributed by atoms with van der Waals surface area (Å²) in [6, 6.07) is 0. The zero-order chi connectivity index (χ0) is 21.1. The van der Waals surface area contributed by atoms with E-state index in [0.29, 0.717) is 0 Å². The van der Waals surface area contributed by atoms with Crippen molar-refractivity contribution in [2.75, 3.05) is 0 Å². The normalized spacial score (nSPS) is 16.0. The molecular formula is C18H38O6Si2. The third-order valence-electron chi connectivity index (χ3n) is 2.51. The number of esters is 2. The summed E-state index contributed by atoms with van der Waals surface area (Å²) in [5.74, 6) is -1.21. The highest BCUT2D eigenvalue weighted by atomic mass is 28.4. The molecule has 0 aliphatic heterocycles. The lowest BCUT2D eigenvalue weighted by Crippen LogP contribution is -2.54. The number of hydrogen-bond donors (Lipinski definition) is 0. The smallest absolute Gasteiger partial charge is 0.337 e. The minimum Gasteiger partial charge on any atom is -0.458 e. The number of hydrogen-bond acceptors (Lipinski definition) is 6. The van der Waals surface area contributed by atoms with Crippen LogP contribution in [-0.2, 0) is 27.9 Å². The molecule has 0 rings (SSSR count). The molecule has 26 heavy (non-hydrogen) atoms. The lowest BCUT2D eigenvalue weighted by Gasteiger charge is -2.36. The first kappa shape index (κ1) is 25.3. The van der Waals surface area contributed by atoms with Crippen molar-refractivity contribution in [1.82, 2.24) is 0 Å². The van der Waals surface area contributed by atoms with Crippen LogP contribution in [0.1, 0.15) is 41.5 Å². The van der Waals surface area contributed by atoms with Crippen LogP contribution in [-0.4, -0.2) is 52.0 Å². The fraction of sp³-hybridized carbons (Fsp3) is 0.889. The van der Waals surface area contributed by atoms with E-state index in [1.54, 1.807) is 41.5 Å². The van der Waals surface area contributed by atoms with Gasteiger partial charge in [-0.1, -0.05) is 0 Å². The van der Waals surface area contributed by atoms with Crippen molar-refractivity contribution < 1.29 is 27.9 Å². The molecule has 0 N–H and O–H groups in total. The summed E-state index contributed by atoms with van der Waals surface area (Å²) in [5, 5.41) is 0. The van der Waals surface area contributed by atoms with E-state index in [0.717, 1.165) is 0 Å². The molecule has 0 bridgehead atoms. The van der Waals surface area contributed by atoms with Crippen LogP contribution >= 0.6 is 0 Å². The van der Waals surface area contributed by atoms with Crippen LogP contribution < -0.4 is 0 Å². The van der Waals surface area contributed by atoms with Gasteiger partial charge in [-0.2, -0.15) is 0 Å². The monoisotopic (exact) mass is 406 g/mol. The van der Waals surface area contributed by atoms with Gasteiger partial charge in [-0.15, -0.1) is 0 Å². The maximum atomic E-state index is 12.8. The molecule has 0 fully saturated rings. The molecule has 2 unspecified atom stereocenters. The molecule has 6 nitrogen and oxygen atoms in total. The molecule has 0 amide bonds. The molecule has 154 valence electrons. The minimum absolute atomic E-state index is 0.603. The van der Waals surface area contributed by atoms with Gasteiger partial charge in [0.25, 0.3) is 0 Å². The van der Waals surface area contributed by atoms with Crippen LogP contribution in [0.4, 0.5) is 0 Å². The summed E-state index contributed by atoms with van der Waals surface area (Å²) in [6.45, 7) is 22.4. The summed E-state index contributed by atoms with van der Waals surface area (Å²) < 4.78 is 23.1. The predicted octanol–water partition coefficient (Wildman–Crippen LogP) is 4.11. The lowest BCUT2D eigenvalue weighted by molar-refractivity contribution is -0.182. The lowest BCUT2D eigenvalue weighted by atomic mass is 10.1. The van der Waals surface area contributed by atoms with Crippen LogP contribution in [0.15, 0.2) is 0 Å². The van der Waals surface area contributed by atoms with Crippen LogP contribution in [0.25, 0.3) is 0 Å². The van der Waals surface area contributed by atoms with E-state index in [1.807, 2.05) is 39.3 Å². The van der Waals surface area contributed by atoms with Gasteiger partial charge in [0.15, 0.2) is 28.8 Å². The van der Waals surface area contributed by atoms with Gasteiger partial charge in [0.05, 0.1) is 0 Å². The van der Waals surface area contributed by atoms with Crippen molar-refractivity contribution in [2.45, 2.75) is 104 Å². The molecule has 0 aliphatic carbocycles. The molecule has 2 atom stereocenters. The Bertz CT molecular complexity index is 446. The zero-order valence-electron chi connectivity index (χ0n) is 18.6. The molecule has 0 aliphatic rings. The van der Waals surface area contributed by atoms with E-state index in [4.69, 9.17) is 18.3 Å². The Kier molecular flexibility index (Phi) is 8.31. The summed E-state index contributed by atoms with van der Waals surface area (Å²) in [6.07, 6.45) is -2.30. The molecular weight excluding hydrogens is 368 g/mol. The molecule has 0 saturated heterocycles.